The molecule has 6 nitrogen and oxygen atoms in total. The number of carbonyl (C=O) groups excluding carboxylic acids is 2. The van der Waals surface area contributed by atoms with Crippen molar-refractivity contribution in [2.24, 2.45) is 0 Å². The Morgan fingerprint density at radius 3 is 2.26 bits per heavy atom. The van der Waals surface area contributed by atoms with Crippen LogP contribution in [0.3, 0.4) is 0 Å². The van der Waals surface area contributed by atoms with Gasteiger partial charge in [0, 0.05) is 31.9 Å². The Bertz CT molecular complexity index is 792. The van der Waals surface area contributed by atoms with Crippen LogP contribution < -0.4 is 15.5 Å². The first-order valence-electron chi connectivity index (χ1n) is 8.95. The standard InChI is InChI=1S/C20H23FN4O2/c1-15(19(26)23-18-10-6-5-9-17(18)21)22-20(27)25-13-11-24(12-14-25)16-7-3-2-4-8-16/h2-10,15H,11-14H2,1H3,(H,22,27)(H,23,26). The van der Waals surface area contributed by atoms with E-state index in [0.717, 1.165) is 18.8 Å². The van der Waals surface area contributed by atoms with E-state index >= 15 is 0 Å². The molecule has 1 aliphatic heterocycles. The molecule has 7 heteroatoms. The quantitative estimate of drug-likeness (QED) is 0.870. The smallest absolute Gasteiger partial charge is 0.318 e. The van der Waals surface area contributed by atoms with E-state index in [9.17, 15) is 14.0 Å². The third-order valence-electron chi connectivity index (χ3n) is 4.55. The lowest BCUT2D eigenvalue weighted by molar-refractivity contribution is -0.117. The van der Waals surface area contributed by atoms with Crippen LogP contribution >= 0.6 is 0 Å². The van der Waals surface area contributed by atoms with Gasteiger partial charge in [0.25, 0.3) is 0 Å². The lowest BCUT2D eigenvalue weighted by Gasteiger charge is -2.36. The summed E-state index contributed by atoms with van der Waals surface area (Å²) in [6.45, 7) is 4.18. The largest absolute Gasteiger partial charge is 0.368 e. The third kappa shape index (κ3) is 4.75. The number of nitrogens with zero attached hydrogens (tertiary/aromatic N) is 2. The van der Waals surface area contributed by atoms with Crippen LogP contribution in [0.1, 0.15) is 6.92 Å². The van der Waals surface area contributed by atoms with Crippen molar-refractivity contribution in [3.8, 4) is 0 Å². The number of hydrogen-bond acceptors (Lipinski definition) is 3. The Morgan fingerprint density at radius 2 is 1.59 bits per heavy atom. The minimum atomic E-state index is -0.774. The SMILES string of the molecule is CC(NC(=O)N1CCN(c2ccccc2)CC1)C(=O)Nc1ccccc1F. The van der Waals surface area contributed by atoms with Gasteiger partial charge in [0.2, 0.25) is 5.91 Å². The fraction of sp³-hybridized carbons (Fsp3) is 0.300. The molecular formula is C20H23FN4O2. The monoisotopic (exact) mass is 370 g/mol. The molecule has 0 saturated carbocycles. The summed E-state index contributed by atoms with van der Waals surface area (Å²) >= 11 is 0. The molecule has 1 heterocycles. The summed E-state index contributed by atoms with van der Waals surface area (Å²) in [5.74, 6) is -0.974. The molecule has 0 bridgehead atoms. The van der Waals surface area contributed by atoms with E-state index < -0.39 is 17.8 Å². The first-order valence-corrected chi connectivity index (χ1v) is 8.95. The molecule has 2 aromatic carbocycles. The van der Waals surface area contributed by atoms with Gasteiger partial charge in [0.15, 0.2) is 0 Å². The van der Waals surface area contributed by atoms with Gasteiger partial charge in [-0.1, -0.05) is 30.3 Å². The molecule has 27 heavy (non-hydrogen) atoms. The highest BCUT2D eigenvalue weighted by Gasteiger charge is 2.24. The fourth-order valence-electron chi connectivity index (χ4n) is 2.95. The first kappa shape index (κ1) is 18.7. The molecule has 1 fully saturated rings. The number of amides is 3. The van der Waals surface area contributed by atoms with Crippen molar-refractivity contribution in [1.29, 1.82) is 0 Å². The van der Waals surface area contributed by atoms with E-state index in [1.165, 1.54) is 12.1 Å². The summed E-state index contributed by atoms with van der Waals surface area (Å²) in [6.07, 6.45) is 0. The van der Waals surface area contributed by atoms with Crippen LogP contribution in [0.5, 0.6) is 0 Å². The molecule has 2 aromatic rings. The van der Waals surface area contributed by atoms with Gasteiger partial charge in [-0.05, 0) is 31.2 Å². The van der Waals surface area contributed by atoms with Crippen LogP contribution in [0.4, 0.5) is 20.6 Å². The van der Waals surface area contributed by atoms with Gasteiger partial charge in [0.1, 0.15) is 11.9 Å². The van der Waals surface area contributed by atoms with Crippen molar-refractivity contribution in [2.45, 2.75) is 13.0 Å². The molecule has 0 radical (unpaired) electrons. The number of rotatable bonds is 4. The highest BCUT2D eigenvalue weighted by atomic mass is 19.1. The number of halogens is 1. The highest BCUT2D eigenvalue weighted by Crippen LogP contribution is 2.16. The van der Waals surface area contributed by atoms with E-state index in [4.69, 9.17) is 0 Å². The predicted molar refractivity (Wildman–Crippen MR) is 103 cm³/mol. The zero-order chi connectivity index (χ0) is 19.2. The van der Waals surface area contributed by atoms with E-state index in [1.807, 2.05) is 30.3 Å². The maximum absolute atomic E-state index is 13.6. The fourth-order valence-corrected chi connectivity index (χ4v) is 2.95. The lowest BCUT2D eigenvalue weighted by atomic mass is 10.2. The highest BCUT2D eigenvalue weighted by molar-refractivity contribution is 5.96. The number of benzene rings is 2. The first-order chi connectivity index (χ1) is 13.0. The van der Waals surface area contributed by atoms with Crippen LogP contribution in [0.2, 0.25) is 0 Å². The van der Waals surface area contributed by atoms with E-state index in [-0.39, 0.29) is 11.7 Å². The normalized spacial score (nSPS) is 15.2. The van der Waals surface area contributed by atoms with Gasteiger partial charge < -0.3 is 20.4 Å². The predicted octanol–water partition coefficient (Wildman–Crippen LogP) is 2.68. The zero-order valence-electron chi connectivity index (χ0n) is 15.2. The Hall–Kier alpha value is -3.09. The molecular weight excluding hydrogens is 347 g/mol. The molecule has 2 N–H and O–H groups in total. The number of hydrogen-bond donors (Lipinski definition) is 2. The molecule has 1 unspecified atom stereocenters. The van der Waals surface area contributed by atoms with Crippen molar-refractivity contribution in [1.82, 2.24) is 10.2 Å². The molecule has 3 rings (SSSR count). The molecule has 1 atom stereocenters. The Labute approximate surface area is 158 Å². The van der Waals surface area contributed by atoms with Crippen LogP contribution in [0, 0.1) is 5.82 Å². The Morgan fingerprint density at radius 1 is 0.963 bits per heavy atom. The van der Waals surface area contributed by atoms with E-state index in [0.29, 0.717) is 13.1 Å². The van der Waals surface area contributed by atoms with Crippen LogP contribution in [0.15, 0.2) is 54.6 Å². The number of piperazine rings is 1. The van der Waals surface area contributed by atoms with Gasteiger partial charge in [-0.2, -0.15) is 0 Å². The minimum Gasteiger partial charge on any atom is -0.368 e. The number of urea groups is 1. The number of nitrogens with one attached hydrogen (secondary N) is 2. The summed E-state index contributed by atoms with van der Waals surface area (Å²) in [5, 5.41) is 5.17. The Kier molecular flexibility index (Phi) is 5.90. The van der Waals surface area contributed by atoms with Crippen molar-refractivity contribution >= 4 is 23.3 Å². The molecule has 1 aliphatic rings. The molecule has 0 spiro atoms. The topological polar surface area (TPSA) is 64.7 Å². The third-order valence-corrected chi connectivity index (χ3v) is 4.55. The molecule has 1 saturated heterocycles. The van der Waals surface area contributed by atoms with Gasteiger partial charge in [-0.25, -0.2) is 9.18 Å². The van der Waals surface area contributed by atoms with Crippen molar-refractivity contribution in [2.75, 3.05) is 36.4 Å². The minimum absolute atomic E-state index is 0.0973. The maximum atomic E-state index is 13.6. The van der Waals surface area contributed by atoms with E-state index in [1.54, 1.807) is 24.0 Å². The van der Waals surface area contributed by atoms with E-state index in [2.05, 4.69) is 15.5 Å². The Balaban J connectivity index is 1.49. The van der Waals surface area contributed by atoms with Crippen LogP contribution in [-0.4, -0.2) is 49.1 Å². The second-order valence-corrected chi connectivity index (χ2v) is 6.45. The van der Waals surface area contributed by atoms with Crippen LogP contribution in [0.25, 0.3) is 0 Å². The second-order valence-electron chi connectivity index (χ2n) is 6.45. The average Bonchev–Trinajstić information content (AvgIpc) is 2.70. The average molecular weight is 370 g/mol. The van der Waals surface area contributed by atoms with Gasteiger partial charge in [-0.3, -0.25) is 4.79 Å². The molecule has 0 aliphatic carbocycles. The summed E-state index contributed by atoms with van der Waals surface area (Å²) in [6, 6.07) is 14.9. The molecule has 142 valence electrons. The van der Waals surface area contributed by atoms with Crippen LogP contribution in [-0.2, 0) is 4.79 Å². The summed E-state index contributed by atoms with van der Waals surface area (Å²) < 4.78 is 13.6. The van der Waals surface area contributed by atoms with Gasteiger partial charge in [0.05, 0.1) is 5.69 Å². The summed E-state index contributed by atoms with van der Waals surface area (Å²) in [7, 11) is 0. The maximum Gasteiger partial charge on any atom is 0.318 e. The lowest BCUT2D eigenvalue weighted by Crippen LogP contribution is -2.54. The van der Waals surface area contributed by atoms with Gasteiger partial charge >= 0.3 is 6.03 Å². The summed E-state index contributed by atoms with van der Waals surface area (Å²) in [5.41, 5.74) is 1.23. The number of para-hydroxylation sites is 2. The summed E-state index contributed by atoms with van der Waals surface area (Å²) in [4.78, 5) is 28.5. The van der Waals surface area contributed by atoms with Crippen molar-refractivity contribution in [3.05, 3.63) is 60.4 Å². The van der Waals surface area contributed by atoms with Gasteiger partial charge in [-0.15, -0.1) is 0 Å². The number of carbonyl (C=O) groups is 2. The number of anilines is 2. The molecule has 3 amide bonds. The molecule has 0 aromatic heterocycles. The second kappa shape index (κ2) is 8.53. The van der Waals surface area contributed by atoms with Crippen molar-refractivity contribution < 1.29 is 14.0 Å². The zero-order valence-corrected chi connectivity index (χ0v) is 15.2. The van der Waals surface area contributed by atoms with Crippen molar-refractivity contribution in [3.63, 3.8) is 0 Å².